The number of rotatable bonds is 6. The molecule has 0 bridgehead atoms. The van der Waals surface area contributed by atoms with E-state index in [-0.39, 0.29) is 30.7 Å². The van der Waals surface area contributed by atoms with Gasteiger partial charge in [0.2, 0.25) is 0 Å². The molecular weight excluding hydrogens is 450 g/mol. The Hall–Kier alpha value is -2.99. The van der Waals surface area contributed by atoms with Gasteiger partial charge in [-0.05, 0) is 74.4 Å². The number of halogens is 1. The van der Waals surface area contributed by atoms with E-state index in [9.17, 15) is 9.59 Å². The summed E-state index contributed by atoms with van der Waals surface area (Å²) in [5, 5.41) is 9.49. The van der Waals surface area contributed by atoms with Crippen LogP contribution in [0.15, 0.2) is 36.4 Å². The van der Waals surface area contributed by atoms with Gasteiger partial charge in [0.1, 0.15) is 12.1 Å². The fourth-order valence-electron chi connectivity index (χ4n) is 3.56. The van der Waals surface area contributed by atoms with E-state index >= 15 is 0 Å². The molecule has 9 heteroatoms. The molecule has 1 aliphatic rings. The fraction of sp³-hybridized carbons (Fsp3) is 0.304. The first-order valence-corrected chi connectivity index (χ1v) is 10.6. The van der Waals surface area contributed by atoms with Crippen LogP contribution in [0.5, 0.6) is 0 Å². The Morgan fingerprint density at radius 2 is 1.94 bits per heavy atom. The Labute approximate surface area is 197 Å². The van der Waals surface area contributed by atoms with Gasteiger partial charge in [-0.1, -0.05) is 17.7 Å². The second-order valence-corrected chi connectivity index (χ2v) is 8.57. The largest absolute Gasteiger partial charge is 0.463 e. The third-order valence-electron chi connectivity index (χ3n) is 5.20. The first kappa shape index (κ1) is 23.7. The van der Waals surface area contributed by atoms with Gasteiger partial charge in [0, 0.05) is 16.4 Å². The summed E-state index contributed by atoms with van der Waals surface area (Å²) in [5.41, 5.74) is 1.99. The minimum absolute atomic E-state index is 0.0807. The minimum atomic E-state index is -0.994. The highest BCUT2D eigenvalue weighted by molar-refractivity contribution is 7.81. The van der Waals surface area contributed by atoms with E-state index in [1.54, 1.807) is 55.1 Å². The number of thiocarbonyl (C=S) groups is 1. The predicted molar refractivity (Wildman–Crippen MR) is 127 cm³/mol. The van der Waals surface area contributed by atoms with E-state index in [0.717, 1.165) is 5.56 Å². The molecular formula is C23H22ClN3O4S. The molecule has 1 aliphatic heterocycles. The Bertz CT molecular complexity index is 1140. The van der Waals surface area contributed by atoms with Crippen molar-refractivity contribution in [3.8, 4) is 0 Å². The molecule has 2 aromatic carbocycles. The number of aryl methyl sites for hydroxylation is 1. The number of benzene rings is 2. The highest BCUT2D eigenvalue weighted by Gasteiger charge is 2.50. The minimum Gasteiger partial charge on any atom is -0.463 e. The molecule has 0 unspecified atom stereocenters. The Morgan fingerprint density at radius 1 is 1.25 bits per heavy atom. The molecule has 1 fully saturated rings. The summed E-state index contributed by atoms with van der Waals surface area (Å²) in [6.07, 6.45) is -0.0807. The van der Waals surface area contributed by atoms with Gasteiger partial charge in [-0.15, -0.1) is 0 Å². The normalized spacial score (nSPS) is 15.1. The number of amides is 1. The zero-order chi connectivity index (χ0) is 23.6. The number of carbonyl (C=O) groups is 2. The molecule has 1 saturated heterocycles. The average Bonchev–Trinajstić information content (AvgIpc) is 2.92. The number of carbonyl (C=O) groups excluding carboxylic acids is 2. The van der Waals surface area contributed by atoms with E-state index in [1.165, 1.54) is 4.90 Å². The summed E-state index contributed by atoms with van der Waals surface area (Å²) in [4.78, 5) is 32.0. The maximum atomic E-state index is 13.3. The van der Waals surface area contributed by atoms with Crippen LogP contribution in [-0.4, -0.2) is 40.8 Å². The molecule has 7 nitrogen and oxygen atoms in total. The van der Waals surface area contributed by atoms with Gasteiger partial charge in [-0.3, -0.25) is 14.5 Å². The summed E-state index contributed by atoms with van der Waals surface area (Å²) in [7, 11) is 0. The van der Waals surface area contributed by atoms with Gasteiger partial charge in [0.05, 0.1) is 19.6 Å². The number of aliphatic hydroxyl groups excluding tert-OH is 1. The molecule has 0 saturated carbocycles. The molecule has 0 radical (unpaired) electrons. The molecule has 1 amide bonds. The smallest absolute Gasteiger partial charge is 0.310 e. The van der Waals surface area contributed by atoms with Crippen molar-refractivity contribution in [2.24, 2.45) is 0 Å². The monoisotopic (exact) mass is 471 g/mol. The molecule has 0 atom stereocenters. The Balaban J connectivity index is 1.98. The van der Waals surface area contributed by atoms with Gasteiger partial charge < -0.3 is 14.7 Å². The summed E-state index contributed by atoms with van der Waals surface area (Å²) < 4.78 is 4.93. The first-order chi connectivity index (χ1) is 15.1. The number of esters is 1. The maximum absolute atomic E-state index is 13.3. The molecule has 0 aromatic heterocycles. The number of anilines is 2. The third kappa shape index (κ3) is 4.32. The van der Waals surface area contributed by atoms with E-state index in [1.807, 2.05) is 6.92 Å². The predicted octanol–water partition coefficient (Wildman–Crippen LogP) is 4.19. The van der Waals surface area contributed by atoms with E-state index in [4.69, 9.17) is 40.2 Å². The molecule has 0 aliphatic carbocycles. The van der Waals surface area contributed by atoms with Crippen LogP contribution in [0.3, 0.4) is 0 Å². The van der Waals surface area contributed by atoms with Crippen molar-refractivity contribution in [1.29, 1.82) is 0 Å². The summed E-state index contributed by atoms with van der Waals surface area (Å²) >= 11 is 12.0. The SMILES string of the molecule is [C-]#[N+]c1ccc(N2C(=O)C(C)(C)N(c3ccc(Cl)c(CC(=O)OCCO)c3)C2=S)cc1C. The molecule has 1 N–H and O–H groups in total. The lowest BCUT2D eigenvalue weighted by molar-refractivity contribution is -0.143. The van der Waals surface area contributed by atoms with Crippen LogP contribution >= 0.6 is 23.8 Å². The first-order valence-electron chi connectivity index (χ1n) is 9.83. The number of ether oxygens (including phenoxy) is 1. The van der Waals surface area contributed by atoms with Crippen molar-refractivity contribution in [3.63, 3.8) is 0 Å². The van der Waals surface area contributed by atoms with Gasteiger partial charge in [0.15, 0.2) is 10.8 Å². The molecule has 0 spiro atoms. The van der Waals surface area contributed by atoms with Crippen LogP contribution in [0.1, 0.15) is 25.0 Å². The van der Waals surface area contributed by atoms with Crippen LogP contribution < -0.4 is 9.80 Å². The molecule has 32 heavy (non-hydrogen) atoms. The molecule has 1 heterocycles. The standard InChI is InChI=1S/C23H22ClN3O4S/c1-14-11-16(6-8-19(14)25-4)26-21(30)23(2,3)27(22(26)32)17-5-7-18(24)15(12-17)13-20(29)31-10-9-28/h5-8,11-12,28H,9-10,13H2,1-3H3. The van der Waals surface area contributed by atoms with Gasteiger partial charge in [0.25, 0.3) is 5.91 Å². The van der Waals surface area contributed by atoms with Crippen LogP contribution in [0, 0.1) is 13.5 Å². The van der Waals surface area contributed by atoms with E-state index in [2.05, 4.69) is 4.85 Å². The lowest BCUT2D eigenvalue weighted by Gasteiger charge is -2.30. The van der Waals surface area contributed by atoms with Crippen LogP contribution in [0.2, 0.25) is 5.02 Å². The van der Waals surface area contributed by atoms with Crippen LogP contribution in [-0.2, 0) is 20.7 Å². The lowest BCUT2D eigenvalue weighted by Crippen LogP contribution is -2.44. The Morgan fingerprint density at radius 3 is 2.56 bits per heavy atom. The van der Waals surface area contributed by atoms with E-state index < -0.39 is 11.5 Å². The highest BCUT2D eigenvalue weighted by atomic mass is 35.5. The van der Waals surface area contributed by atoms with Gasteiger partial charge >= 0.3 is 5.97 Å². The number of nitrogens with zero attached hydrogens (tertiary/aromatic N) is 3. The van der Waals surface area contributed by atoms with Gasteiger partial charge in [-0.25, -0.2) is 4.85 Å². The quantitative estimate of drug-likeness (QED) is 0.387. The molecule has 3 rings (SSSR count). The molecule has 166 valence electrons. The number of hydrogen-bond acceptors (Lipinski definition) is 5. The van der Waals surface area contributed by atoms with Crippen molar-refractivity contribution in [3.05, 3.63) is 64.0 Å². The summed E-state index contributed by atoms with van der Waals surface area (Å²) in [6, 6.07) is 10.2. The van der Waals surface area contributed by atoms with Crippen molar-refractivity contribution in [1.82, 2.24) is 0 Å². The Kier molecular flexibility index (Phi) is 6.84. The molecule has 2 aromatic rings. The van der Waals surface area contributed by atoms with Gasteiger partial charge in [-0.2, -0.15) is 0 Å². The summed E-state index contributed by atoms with van der Waals surface area (Å²) in [6.45, 7) is 12.2. The van der Waals surface area contributed by atoms with E-state index in [0.29, 0.717) is 27.6 Å². The fourth-order valence-corrected chi connectivity index (χ4v) is 4.27. The third-order valence-corrected chi connectivity index (χ3v) is 5.94. The van der Waals surface area contributed by atoms with Crippen LogP contribution in [0.4, 0.5) is 17.1 Å². The zero-order valence-corrected chi connectivity index (χ0v) is 19.5. The topological polar surface area (TPSA) is 74.4 Å². The number of aliphatic hydroxyl groups is 1. The second-order valence-electron chi connectivity index (χ2n) is 7.80. The second kappa shape index (κ2) is 9.25. The van der Waals surface area contributed by atoms with Crippen LogP contribution in [0.25, 0.3) is 4.85 Å². The van der Waals surface area contributed by atoms with Crippen molar-refractivity contribution in [2.45, 2.75) is 32.7 Å². The van der Waals surface area contributed by atoms with Crippen molar-refractivity contribution < 1.29 is 19.4 Å². The zero-order valence-electron chi connectivity index (χ0n) is 17.9. The average molecular weight is 472 g/mol. The maximum Gasteiger partial charge on any atom is 0.310 e. The highest BCUT2D eigenvalue weighted by Crippen LogP contribution is 2.38. The summed E-state index contributed by atoms with van der Waals surface area (Å²) in [5.74, 6) is -0.731. The van der Waals surface area contributed by atoms with Crippen molar-refractivity contribution >= 4 is 57.9 Å². The lowest BCUT2D eigenvalue weighted by atomic mass is 10.0. The van der Waals surface area contributed by atoms with Crippen molar-refractivity contribution in [2.75, 3.05) is 23.0 Å². The number of hydrogen-bond donors (Lipinski definition) is 1.